The van der Waals surface area contributed by atoms with E-state index >= 15 is 0 Å². The molecule has 2 aromatic carbocycles. The second kappa shape index (κ2) is 9.04. The summed E-state index contributed by atoms with van der Waals surface area (Å²) >= 11 is 13.7. The molecule has 0 atom stereocenters. The molecule has 4 nitrogen and oxygen atoms in total. The summed E-state index contributed by atoms with van der Waals surface area (Å²) in [4.78, 5) is 11.8. The van der Waals surface area contributed by atoms with Crippen molar-refractivity contribution in [3.05, 3.63) is 62.5 Å². The third-order valence-corrected chi connectivity index (χ3v) is 5.27. The molecule has 1 aromatic heterocycles. The summed E-state index contributed by atoms with van der Waals surface area (Å²) < 4.78 is 8.70. The molecule has 0 aliphatic rings. The van der Waals surface area contributed by atoms with Crippen LogP contribution in [0.2, 0.25) is 5.02 Å². The van der Waals surface area contributed by atoms with Crippen molar-refractivity contribution < 1.29 is 9.53 Å². The zero-order valence-corrected chi connectivity index (χ0v) is 18.5. The SMILES string of the molecule is CCOC(=O)CCn1nc(-c2cccc(Br)c2)c(Cl)c1-c1cccc(Br)c1. The van der Waals surface area contributed by atoms with Crippen molar-refractivity contribution in [2.75, 3.05) is 6.61 Å². The highest BCUT2D eigenvalue weighted by atomic mass is 79.9. The third kappa shape index (κ3) is 4.81. The first kappa shape index (κ1) is 20.1. The van der Waals surface area contributed by atoms with Gasteiger partial charge in [-0.05, 0) is 31.2 Å². The molecule has 0 fully saturated rings. The van der Waals surface area contributed by atoms with E-state index in [0.29, 0.717) is 23.9 Å². The Morgan fingerprint density at radius 2 is 1.74 bits per heavy atom. The highest BCUT2D eigenvalue weighted by Gasteiger charge is 2.20. The van der Waals surface area contributed by atoms with Crippen molar-refractivity contribution in [1.29, 1.82) is 0 Å². The van der Waals surface area contributed by atoms with Crippen LogP contribution >= 0.6 is 43.5 Å². The lowest BCUT2D eigenvalue weighted by atomic mass is 10.1. The molecule has 0 unspecified atom stereocenters. The number of aromatic nitrogens is 2. The molecule has 0 radical (unpaired) electrons. The topological polar surface area (TPSA) is 44.1 Å². The highest BCUT2D eigenvalue weighted by Crippen LogP contribution is 2.37. The van der Waals surface area contributed by atoms with Crippen molar-refractivity contribution >= 4 is 49.4 Å². The molecule has 0 bridgehead atoms. The lowest BCUT2D eigenvalue weighted by Gasteiger charge is -2.08. The maximum absolute atomic E-state index is 11.8. The average molecular weight is 513 g/mol. The van der Waals surface area contributed by atoms with E-state index in [1.807, 2.05) is 48.5 Å². The van der Waals surface area contributed by atoms with Crippen LogP contribution in [0.4, 0.5) is 0 Å². The molecule has 0 aliphatic carbocycles. The summed E-state index contributed by atoms with van der Waals surface area (Å²) in [6, 6.07) is 15.7. The van der Waals surface area contributed by atoms with Crippen LogP contribution < -0.4 is 0 Å². The fourth-order valence-corrected chi connectivity index (χ4v) is 3.92. The number of carbonyl (C=O) groups excluding carboxylic acids is 1. The smallest absolute Gasteiger partial charge is 0.307 e. The van der Waals surface area contributed by atoms with Crippen LogP contribution in [0.3, 0.4) is 0 Å². The van der Waals surface area contributed by atoms with Crippen LogP contribution in [0.25, 0.3) is 22.5 Å². The Labute approximate surface area is 179 Å². The van der Waals surface area contributed by atoms with Gasteiger partial charge in [0.15, 0.2) is 0 Å². The Hall–Kier alpha value is -1.63. The van der Waals surface area contributed by atoms with Crippen molar-refractivity contribution in [1.82, 2.24) is 9.78 Å². The zero-order chi connectivity index (χ0) is 19.4. The minimum Gasteiger partial charge on any atom is -0.466 e. The van der Waals surface area contributed by atoms with Crippen molar-refractivity contribution in [2.24, 2.45) is 0 Å². The van der Waals surface area contributed by atoms with E-state index in [1.165, 1.54) is 0 Å². The fraction of sp³-hybridized carbons (Fsp3) is 0.200. The van der Waals surface area contributed by atoms with E-state index in [-0.39, 0.29) is 12.4 Å². The first-order valence-electron chi connectivity index (χ1n) is 8.43. The minimum absolute atomic E-state index is 0.227. The molecule has 0 amide bonds. The van der Waals surface area contributed by atoms with Gasteiger partial charge in [-0.25, -0.2) is 0 Å². The summed E-state index contributed by atoms with van der Waals surface area (Å²) in [6.07, 6.45) is 0.227. The molecule has 3 rings (SSSR count). The maximum atomic E-state index is 11.8. The Kier molecular flexibility index (Phi) is 6.73. The first-order valence-corrected chi connectivity index (χ1v) is 10.4. The summed E-state index contributed by atoms with van der Waals surface area (Å²) in [6.45, 7) is 2.54. The number of carbonyl (C=O) groups is 1. The summed E-state index contributed by atoms with van der Waals surface area (Å²) in [7, 11) is 0. The second-order valence-corrected chi connectivity index (χ2v) is 8.02. The van der Waals surface area contributed by atoms with Gasteiger partial charge in [0, 0.05) is 20.1 Å². The monoisotopic (exact) mass is 510 g/mol. The minimum atomic E-state index is -0.256. The lowest BCUT2D eigenvalue weighted by Crippen LogP contribution is -2.10. The van der Waals surface area contributed by atoms with Gasteiger partial charge in [0.25, 0.3) is 0 Å². The van der Waals surface area contributed by atoms with Crippen LogP contribution in [-0.4, -0.2) is 22.4 Å². The Bertz CT molecular complexity index is 972. The normalized spacial score (nSPS) is 10.8. The van der Waals surface area contributed by atoms with Crippen LogP contribution in [0, 0.1) is 0 Å². The van der Waals surface area contributed by atoms with Gasteiger partial charge in [-0.3, -0.25) is 9.48 Å². The second-order valence-electron chi connectivity index (χ2n) is 5.81. The number of hydrogen-bond acceptors (Lipinski definition) is 3. The first-order chi connectivity index (χ1) is 13.0. The molecular weight excluding hydrogens is 495 g/mol. The quantitative estimate of drug-likeness (QED) is 0.362. The van der Waals surface area contributed by atoms with E-state index in [4.69, 9.17) is 21.4 Å². The third-order valence-electron chi connectivity index (χ3n) is 3.92. The van der Waals surface area contributed by atoms with E-state index in [0.717, 1.165) is 25.8 Å². The molecule has 0 saturated heterocycles. The molecule has 27 heavy (non-hydrogen) atoms. The van der Waals surface area contributed by atoms with E-state index in [9.17, 15) is 4.79 Å². The Balaban J connectivity index is 2.07. The molecule has 0 aliphatic heterocycles. The van der Waals surface area contributed by atoms with Gasteiger partial charge in [-0.1, -0.05) is 67.7 Å². The highest BCUT2D eigenvalue weighted by molar-refractivity contribution is 9.10. The fourth-order valence-electron chi connectivity index (χ4n) is 2.76. The predicted octanol–water partition coefficient (Wildman–Crippen LogP) is 6.35. The van der Waals surface area contributed by atoms with Crippen molar-refractivity contribution in [3.63, 3.8) is 0 Å². The molecule has 0 N–H and O–H groups in total. The van der Waals surface area contributed by atoms with Crippen LogP contribution in [0.1, 0.15) is 13.3 Å². The zero-order valence-electron chi connectivity index (χ0n) is 14.6. The van der Waals surface area contributed by atoms with Gasteiger partial charge in [-0.2, -0.15) is 5.10 Å². The van der Waals surface area contributed by atoms with Crippen molar-refractivity contribution in [2.45, 2.75) is 19.9 Å². The number of aryl methyl sites for hydroxylation is 1. The van der Waals surface area contributed by atoms with Gasteiger partial charge < -0.3 is 4.74 Å². The number of rotatable bonds is 6. The van der Waals surface area contributed by atoms with Crippen LogP contribution in [0.5, 0.6) is 0 Å². The van der Waals surface area contributed by atoms with E-state index in [1.54, 1.807) is 11.6 Å². The molecule has 3 aromatic rings. The van der Waals surface area contributed by atoms with Crippen molar-refractivity contribution in [3.8, 4) is 22.5 Å². The lowest BCUT2D eigenvalue weighted by molar-refractivity contribution is -0.143. The molecular formula is C20H17Br2ClN2O2. The van der Waals surface area contributed by atoms with Gasteiger partial charge in [-0.15, -0.1) is 0 Å². The van der Waals surface area contributed by atoms with Gasteiger partial charge in [0.05, 0.1) is 30.3 Å². The predicted molar refractivity (Wildman–Crippen MR) is 115 cm³/mol. The molecule has 1 heterocycles. The standard InChI is InChI=1S/C20H17Br2ClN2O2/c1-2-27-17(26)9-10-25-20(14-6-4-8-16(22)12-14)18(23)19(24-25)13-5-3-7-15(21)11-13/h3-8,11-12H,2,9-10H2,1H3. The summed E-state index contributed by atoms with van der Waals surface area (Å²) in [5.74, 6) is -0.256. The molecule has 7 heteroatoms. The van der Waals surface area contributed by atoms with Crippen LogP contribution in [-0.2, 0) is 16.1 Å². The maximum Gasteiger partial charge on any atom is 0.307 e. The van der Waals surface area contributed by atoms with Crippen LogP contribution in [0.15, 0.2) is 57.5 Å². The average Bonchev–Trinajstić information content (AvgIpc) is 2.96. The Morgan fingerprint density at radius 3 is 2.37 bits per heavy atom. The van der Waals surface area contributed by atoms with Gasteiger partial charge in [0.1, 0.15) is 5.69 Å². The largest absolute Gasteiger partial charge is 0.466 e. The number of nitrogens with zero attached hydrogens (tertiary/aromatic N) is 2. The Morgan fingerprint density at radius 1 is 1.11 bits per heavy atom. The van der Waals surface area contributed by atoms with Gasteiger partial charge in [0.2, 0.25) is 0 Å². The van der Waals surface area contributed by atoms with Gasteiger partial charge >= 0.3 is 5.97 Å². The summed E-state index contributed by atoms with van der Waals surface area (Å²) in [5.41, 5.74) is 3.28. The number of benzene rings is 2. The number of hydrogen-bond donors (Lipinski definition) is 0. The molecule has 0 spiro atoms. The van der Waals surface area contributed by atoms with E-state index in [2.05, 4.69) is 31.9 Å². The number of ether oxygens (including phenoxy) is 1. The summed E-state index contributed by atoms with van der Waals surface area (Å²) in [5, 5.41) is 5.25. The van der Waals surface area contributed by atoms with E-state index < -0.39 is 0 Å². The number of halogens is 3. The molecule has 140 valence electrons. The molecule has 0 saturated carbocycles. The number of esters is 1.